The molecule has 90 valence electrons. The van der Waals surface area contributed by atoms with Gasteiger partial charge in [-0.2, -0.15) is 0 Å². The van der Waals surface area contributed by atoms with Crippen LogP contribution in [0.1, 0.15) is 25.5 Å². The van der Waals surface area contributed by atoms with Crippen molar-refractivity contribution in [2.45, 2.75) is 20.0 Å². The summed E-state index contributed by atoms with van der Waals surface area (Å²) in [5, 5.41) is 9.84. The summed E-state index contributed by atoms with van der Waals surface area (Å²) in [6, 6.07) is 1.08. The topological polar surface area (TPSA) is 46.2 Å². The predicted octanol–water partition coefficient (Wildman–Crippen LogP) is 2.12. The molecule has 0 bridgehead atoms. The molecule has 0 aliphatic heterocycles. The highest BCUT2D eigenvalue weighted by molar-refractivity contribution is 5.23. The second-order valence-electron chi connectivity index (χ2n) is 4.38. The Kier molecular flexibility index (Phi) is 3.60. The molecule has 0 amide bonds. The van der Waals surface area contributed by atoms with E-state index in [1.165, 1.54) is 0 Å². The Morgan fingerprint density at radius 1 is 1.19 bits per heavy atom. The van der Waals surface area contributed by atoms with Crippen LogP contribution in [0.3, 0.4) is 0 Å². The van der Waals surface area contributed by atoms with Crippen LogP contribution in [0.15, 0.2) is 12.1 Å². The molecular formula is C11H14F3NO. The van der Waals surface area contributed by atoms with Crippen molar-refractivity contribution in [1.29, 1.82) is 0 Å². The molecule has 2 nitrogen and oxygen atoms in total. The summed E-state index contributed by atoms with van der Waals surface area (Å²) in [5.74, 6) is -3.45. The van der Waals surface area contributed by atoms with Crippen LogP contribution in [-0.2, 0) is 0 Å². The van der Waals surface area contributed by atoms with Gasteiger partial charge in [-0.1, -0.05) is 13.8 Å². The number of hydrogen-bond donors (Lipinski definition) is 2. The molecule has 1 aromatic carbocycles. The molecule has 1 unspecified atom stereocenters. The first-order valence-electron chi connectivity index (χ1n) is 4.82. The minimum Gasteiger partial charge on any atom is -0.388 e. The van der Waals surface area contributed by atoms with Gasteiger partial charge in [0, 0.05) is 23.6 Å². The van der Waals surface area contributed by atoms with Crippen LogP contribution >= 0.6 is 0 Å². The maximum atomic E-state index is 13.3. The largest absolute Gasteiger partial charge is 0.388 e. The Balaban J connectivity index is 3.19. The zero-order valence-corrected chi connectivity index (χ0v) is 9.10. The van der Waals surface area contributed by atoms with Crippen molar-refractivity contribution in [3.8, 4) is 0 Å². The lowest BCUT2D eigenvalue weighted by Crippen LogP contribution is -2.31. The zero-order chi connectivity index (χ0) is 12.5. The maximum Gasteiger partial charge on any atom is 0.161 e. The Morgan fingerprint density at radius 2 is 1.69 bits per heavy atom. The minimum atomic E-state index is -1.28. The lowest BCUT2D eigenvalue weighted by Gasteiger charge is -2.29. The van der Waals surface area contributed by atoms with Gasteiger partial charge in [-0.05, 0) is 6.07 Å². The van der Waals surface area contributed by atoms with Gasteiger partial charge in [-0.3, -0.25) is 0 Å². The summed E-state index contributed by atoms with van der Waals surface area (Å²) in [6.07, 6.45) is -1.28. The fourth-order valence-corrected chi connectivity index (χ4v) is 1.28. The van der Waals surface area contributed by atoms with E-state index in [0.29, 0.717) is 12.1 Å². The highest BCUT2D eigenvalue weighted by atomic mass is 19.2. The van der Waals surface area contributed by atoms with Gasteiger partial charge in [0.15, 0.2) is 11.6 Å². The van der Waals surface area contributed by atoms with Crippen LogP contribution in [0.5, 0.6) is 0 Å². The minimum absolute atomic E-state index is 0.0899. The standard InChI is InChI=1S/C11H14F3NO/c1-11(2,5-15)10(16)6-3-8(13)9(14)4-7(6)12/h3-4,10,16H,5,15H2,1-2H3. The number of rotatable bonds is 3. The Bertz CT molecular complexity index is 393. The summed E-state index contributed by atoms with van der Waals surface area (Å²) in [4.78, 5) is 0. The molecule has 0 aliphatic carbocycles. The number of aliphatic hydroxyl groups excluding tert-OH is 1. The first-order valence-corrected chi connectivity index (χ1v) is 4.82. The molecule has 0 radical (unpaired) electrons. The number of benzene rings is 1. The SMILES string of the molecule is CC(C)(CN)C(O)c1cc(F)c(F)cc1F. The molecule has 0 saturated heterocycles. The van der Waals surface area contributed by atoms with Crippen LogP contribution in [0.2, 0.25) is 0 Å². The van der Waals surface area contributed by atoms with E-state index >= 15 is 0 Å². The van der Waals surface area contributed by atoms with Crippen LogP contribution in [0.4, 0.5) is 13.2 Å². The molecule has 0 fully saturated rings. The van der Waals surface area contributed by atoms with E-state index in [9.17, 15) is 18.3 Å². The summed E-state index contributed by atoms with van der Waals surface area (Å²) >= 11 is 0. The van der Waals surface area contributed by atoms with Gasteiger partial charge >= 0.3 is 0 Å². The highest BCUT2D eigenvalue weighted by Gasteiger charge is 2.30. The first kappa shape index (κ1) is 13.0. The monoisotopic (exact) mass is 233 g/mol. The van der Waals surface area contributed by atoms with Gasteiger partial charge in [0.25, 0.3) is 0 Å². The van der Waals surface area contributed by atoms with Crippen molar-refractivity contribution < 1.29 is 18.3 Å². The summed E-state index contributed by atoms with van der Waals surface area (Å²) in [5.41, 5.74) is 4.31. The summed E-state index contributed by atoms with van der Waals surface area (Å²) in [7, 11) is 0. The Morgan fingerprint density at radius 3 is 2.19 bits per heavy atom. The molecule has 1 aromatic rings. The first-order chi connectivity index (χ1) is 7.29. The molecule has 16 heavy (non-hydrogen) atoms. The van der Waals surface area contributed by atoms with Gasteiger partial charge in [-0.25, -0.2) is 13.2 Å². The van der Waals surface area contributed by atoms with Crippen molar-refractivity contribution >= 4 is 0 Å². The molecule has 1 atom stereocenters. The smallest absolute Gasteiger partial charge is 0.161 e. The van der Waals surface area contributed by atoms with E-state index in [2.05, 4.69) is 0 Å². The Labute approximate surface area is 91.9 Å². The zero-order valence-electron chi connectivity index (χ0n) is 9.10. The fraction of sp³-hybridized carbons (Fsp3) is 0.455. The molecule has 0 heterocycles. The fourth-order valence-electron chi connectivity index (χ4n) is 1.28. The molecule has 0 saturated carbocycles. The van der Waals surface area contributed by atoms with E-state index in [1.54, 1.807) is 13.8 Å². The number of nitrogens with two attached hydrogens (primary N) is 1. The van der Waals surface area contributed by atoms with Crippen molar-refractivity contribution in [2.75, 3.05) is 6.54 Å². The van der Waals surface area contributed by atoms with Crippen LogP contribution in [0, 0.1) is 22.9 Å². The average Bonchev–Trinajstić information content (AvgIpc) is 2.22. The number of halogens is 3. The molecule has 5 heteroatoms. The second kappa shape index (κ2) is 4.43. The summed E-state index contributed by atoms with van der Waals surface area (Å²) in [6.45, 7) is 3.31. The van der Waals surface area contributed by atoms with Gasteiger partial charge < -0.3 is 10.8 Å². The van der Waals surface area contributed by atoms with Crippen LogP contribution in [0.25, 0.3) is 0 Å². The van der Waals surface area contributed by atoms with Crippen LogP contribution < -0.4 is 5.73 Å². The van der Waals surface area contributed by atoms with Crippen molar-refractivity contribution in [3.63, 3.8) is 0 Å². The third kappa shape index (κ3) is 2.36. The van der Waals surface area contributed by atoms with Gasteiger partial charge in [0.2, 0.25) is 0 Å². The van der Waals surface area contributed by atoms with Gasteiger partial charge in [-0.15, -0.1) is 0 Å². The normalized spacial score (nSPS) is 13.9. The third-order valence-corrected chi connectivity index (χ3v) is 2.60. The molecular weight excluding hydrogens is 219 g/mol. The number of hydrogen-bond acceptors (Lipinski definition) is 2. The van der Waals surface area contributed by atoms with Crippen LogP contribution in [-0.4, -0.2) is 11.7 Å². The van der Waals surface area contributed by atoms with Gasteiger partial charge in [0.05, 0.1) is 6.10 Å². The van der Waals surface area contributed by atoms with E-state index in [1.807, 2.05) is 0 Å². The molecule has 1 rings (SSSR count). The van der Waals surface area contributed by atoms with Gasteiger partial charge in [0.1, 0.15) is 5.82 Å². The summed E-state index contributed by atoms with van der Waals surface area (Å²) < 4.78 is 38.9. The van der Waals surface area contributed by atoms with E-state index in [0.717, 1.165) is 0 Å². The second-order valence-corrected chi connectivity index (χ2v) is 4.38. The molecule has 0 aromatic heterocycles. The highest BCUT2D eigenvalue weighted by Crippen LogP contribution is 2.34. The van der Waals surface area contributed by atoms with E-state index < -0.39 is 29.0 Å². The quantitative estimate of drug-likeness (QED) is 0.785. The number of aliphatic hydroxyl groups is 1. The molecule has 3 N–H and O–H groups in total. The molecule has 0 spiro atoms. The lowest BCUT2D eigenvalue weighted by molar-refractivity contribution is 0.0520. The third-order valence-electron chi connectivity index (χ3n) is 2.60. The molecule has 0 aliphatic rings. The van der Waals surface area contributed by atoms with Crippen molar-refractivity contribution in [2.24, 2.45) is 11.1 Å². The van der Waals surface area contributed by atoms with Crippen molar-refractivity contribution in [1.82, 2.24) is 0 Å². The van der Waals surface area contributed by atoms with Crippen molar-refractivity contribution in [3.05, 3.63) is 35.1 Å². The predicted molar refractivity (Wildman–Crippen MR) is 54.1 cm³/mol. The Hall–Kier alpha value is -1.07. The van der Waals surface area contributed by atoms with E-state index in [-0.39, 0.29) is 12.1 Å². The van der Waals surface area contributed by atoms with E-state index in [4.69, 9.17) is 5.73 Å². The average molecular weight is 233 g/mol. The maximum absolute atomic E-state index is 13.3. The lowest BCUT2D eigenvalue weighted by atomic mass is 9.82.